The summed E-state index contributed by atoms with van der Waals surface area (Å²) in [4.78, 5) is 133. The number of aromatic nitrogens is 12. The van der Waals surface area contributed by atoms with E-state index in [1.807, 2.05) is 148 Å². The Balaban J connectivity index is 0.000000151. The van der Waals surface area contributed by atoms with Crippen molar-refractivity contribution in [1.82, 2.24) is 73.3 Å². The van der Waals surface area contributed by atoms with E-state index in [1.54, 1.807) is 64.8 Å². The van der Waals surface area contributed by atoms with Crippen molar-refractivity contribution in [2.75, 3.05) is 54.0 Å². The zero-order chi connectivity index (χ0) is 89.0. The molecule has 24 nitrogen and oxygen atoms in total. The number of rotatable bonds is 15. The van der Waals surface area contributed by atoms with Gasteiger partial charge in [0.25, 0.3) is 0 Å². The molecule has 0 N–H and O–H groups in total. The Kier molecular flexibility index (Phi) is 25.2. The third kappa shape index (κ3) is 16.4. The van der Waals surface area contributed by atoms with Crippen molar-refractivity contribution in [3.63, 3.8) is 0 Å². The van der Waals surface area contributed by atoms with Crippen molar-refractivity contribution in [1.29, 1.82) is 0 Å². The number of hydrogen-bond donors (Lipinski definition) is 0. The smallest absolute Gasteiger partial charge is 0.349 e. The first-order chi connectivity index (χ1) is 59.1. The number of anilines is 3. The Hall–Kier alpha value is -12.7. The highest BCUT2D eigenvalue weighted by Gasteiger charge is 2.43. The third-order valence-electron chi connectivity index (χ3n) is 23.6. The van der Waals surface area contributed by atoms with Crippen molar-refractivity contribution < 1.29 is 31.9 Å². The zero-order valence-electron chi connectivity index (χ0n) is 71.5. The molecule has 0 saturated carbocycles. The van der Waals surface area contributed by atoms with Crippen molar-refractivity contribution >= 4 is 91.5 Å². The number of piperazine rings is 3. The van der Waals surface area contributed by atoms with Gasteiger partial charge >= 0.3 is 17.1 Å². The molecular formula is C94H96Cl2F4N18O6. The molecule has 3 amide bonds. The molecule has 9 aromatic heterocycles. The van der Waals surface area contributed by atoms with Gasteiger partial charge in [-0.05, 0) is 193 Å². The Morgan fingerprint density at radius 3 is 1.21 bits per heavy atom. The van der Waals surface area contributed by atoms with E-state index in [2.05, 4.69) is 54.5 Å². The molecule has 5 fully saturated rings. The summed E-state index contributed by atoms with van der Waals surface area (Å²) >= 11 is 13.5. The molecule has 2 bridgehead atoms. The van der Waals surface area contributed by atoms with Crippen molar-refractivity contribution in [3.8, 4) is 50.8 Å². The second-order valence-corrected chi connectivity index (χ2v) is 33.8. The summed E-state index contributed by atoms with van der Waals surface area (Å²) in [5, 5.41) is 1.74. The summed E-state index contributed by atoms with van der Waals surface area (Å²) in [6.45, 7) is 40.8. The molecule has 6 atom stereocenters. The minimum Gasteiger partial charge on any atom is -0.349 e. The van der Waals surface area contributed by atoms with E-state index < -0.39 is 40.3 Å². The molecule has 30 heteroatoms. The number of piperidine rings is 2. The monoisotopic (exact) mass is 1720 g/mol. The third-order valence-corrected chi connectivity index (χ3v) is 24.2. The molecule has 124 heavy (non-hydrogen) atoms. The Labute approximate surface area is 725 Å². The van der Waals surface area contributed by atoms with Crippen LogP contribution in [-0.4, -0.2) is 166 Å². The molecule has 640 valence electrons. The van der Waals surface area contributed by atoms with Crippen molar-refractivity contribution in [2.45, 2.75) is 164 Å². The predicted molar refractivity (Wildman–Crippen MR) is 479 cm³/mol. The maximum absolute atomic E-state index is 16.0. The molecule has 3 aromatic carbocycles. The maximum atomic E-state index is 16.0. The van der Waals surface area contributed by atoms with Crippen LogP contribution in [-0.2, 0) is 14.4 Å². The van der Waals surface area contributed by atoms with Crippen LogP contribution in [0.25, 0.3) is 83.9 Å². The number of amides is 3. The molecule has 5 aliphatic heterocycles. The fraction of sp³-hybridized carbons (Fsp3) is 0.330. The van der Waals surface area contributed by atoms with Gasteiger partial charge in [0.15, 0.2) is 16.9 Å². The number of pyridine rings is 6. The highest BCUT2D eigenvalue weighted by Crippen LogP contribution is 2.43. The number of benzene rings is 3. The molecule has 12 aromatic rings. The van der Waals surface area contributed by atoms with Gasteiger partial charge in [-0.15, -0.1) is 0 Å². The highest BCUT2D eigenvalue weighted by molar-refractivity contribution is 6.34. The number of aryl methyl sites for hydroxylation is 4. The molecule has 5 aliphatic rings. The van der Waals surface area contributed by atoms with Crippen LogP contribution >= 0.6 is 23.2 Å². The fourth-order valence-electron chi connectivity index (χ4n) is 17.3. The molecule has 6 unspecified atom stereocenters. The van der Waals surface area contributed by atoms with Gasteiger partial charge in [0.2, 0.25) is 17.7 Å². The lowest BCUT2D eigenvalue weighted by molar-refractivity contribution is -0.131. The van der Waals surface area contributed by atoms with Gasteiger partial charge in [-0.25, -0.2) is 60.6 Å². The number of nitrogens with zero attached hydrogens (tertiary/aromatic N) is 18. The normalized spacial score (nSPS) is 17.7. The molecule has 0 radical (unpaired) electrons. The van der Waals surface area contributed by atoms with E-state index >= 15 is 4.39 Å². The van der Waals surface area contributed by atoms with Gasteiger partial charge in [0, 0.05) is 111 Å². The van der Waals surface area contributed by atoms with Gasteiger partial charge in [-0.1, -0.05) is 121 Å². The SMILES string of the molecule is C=CC(=O)N1CC(C)N(c2nc(=O)n(-c3c(C)ccnc3C(C)C)c3nc(-c4cc(F)ccc4F)c(Cl)cc23)CC1C.C=CC(=O)N1CC(C)N(c2nc(=O)n(-c3c(C)ccnc3C(C)C)c3nc(-c4ccccc4C)c(F)cc23)CC1C.C=CC(=O)N1CC2CCC1CN2c1nc(=O)n(-c2c(C)ccnc2C(C)C)c2nc(-c3ccccc3F)c(Cl)cc12. The van der Waals surface area contributed by atoms with Gasteiger partial charge in [-0.2, -0.15) is 15.0 Å². The zero-order valence-corrected chi connectivity index (χ0v) is 73.0. The van der Waals surface area contributed by atoms with E-state index in [1.165, 1.54) is 44.1 Å². The molecule has 0 aliphatic carbocycles. The summed E-state index contributed by atoms with van der Waals surface area (Å²) in [6.07, 6.45) is 10.8. The summed E-state index contributed by atoms with van der Waals surface area (Å²) in [5.41, 5.74) is 7.43. The van der Waals surface area contributed by atoms with E-state index in [-0.39, 0.29) is 116 Å². The van der Waals surface area contributed by atoms with Crippen LogP contribution in [0.5, 0.6) is 0 Å². The number of halogens is 6. The fourth-order valence-corrected chi connectivity index (χ4v) is 17.8. The van der Waals surface area contributed by atoms with Crippen LogP contribution in [0, 0.1) is 51.0 Å². The predicted octanol–water partition coefficient (Wildman–Crippen LogP) is 16.6. The average molecular weight is 1720 g/mol. The minimum atomic E-state index is -0.709. The van der Waals surface area contributed by atoms with Crippen molar-refractivity contribution in [2.24, 2.45) is 0 Å². The van der Waals surface area contributed by atoms with Gasteiger partial charge in [0.05, 0.1) is 71.7 Å². The Morgan fingerprint density at radius 1 is 0.403 bits per heavy atom. The van der Waals surface area contributed by atoms with Crippen LogP contribution in [0.3, 0.4) is 0 Å². The van der Waals surface area contributed by atoms with Crippen LogP contribution in [0.1, 0.15) is 139 Å². The lowest BCUT2D eigenvalue weighted by atomic mass is 9.90. The maximum Gasteiger partial charge on any atom is 0.355 e. The van der Waals surface area contributed by atoms with Crippen LogP contribution in [0.2, 0.25) is 10.0 Å². The second kappa shape index (κ2) is 35.6. The number of carbonyl (C=O) groups excluding carboxylic acids is 3. The highest BCUT2D eigenvalue weighted by atomic mass is 35.5. The van der Waals surface area contributed by atoms with E-state index in [0.29, 0.717) is 112 Å². The molecule has 0 spiro atoms. The first-order valence-corrected chi connectivity index (χ1v) is 42.0. The first-order valence-electron chi connectivity index (χ1n) is 41.3. The Bertz CT molecular complexity index is 6290. The molecule has 17 rings (SSSR count). The van der Waals surface area contributed by atoms with E-state index in [9.17, 15) is 41.9 Å². The van der Waals surface area contributed by atoms with Crippen molar-refractivity contribution in [3.05, 3.63) is 264 Å². The van der Waals surface area contributed by atoms with E-state index in [0.717, 1.165) is 64.7 Å². The largest absolute Gasteiger partial charge is 0.355 e. The van der Waals surface area contributed by atoms with Crippen LogP contribution < -0.4 is 31.8 Å². The van der Waals surface area contributed by atoms with Gasteiger partial charge in [-0.3, -0.25) is 29.3 Å². The van der Waals surface area contributed by atoms with Crippen LogP contribution in [0.4, 0.5) is 35.0 Å². The van der Waals surface area contributed by atoms with Crippen LogP contribution in [0.15, 0.2) is 174 Å². The lowest BCUT2D eigenvalue weighted by Gasteiger charge is -2.51. The summed E-state index contributed by atoms with van der Waals surface area (Å²) in [5.74, 6) is -1.64. The quantitative estimate of drug-likeness (QED) is 0.0683. The number of carbonyl (C=O) groups is 3. The Morgan fingerprint density at radius 2 is 0.790 bits per heavy atom. The molecule has 14 heterocycles. The molecule has 5 saturated heterocycles. The number of hydrogen-bond acceptors (Lipinski definition) is 18. The topological polar surface area (TPSA) is 253 Å². The molecular weight excluding hydrogens is 1620 g/mol. The summed E-state index contributed by atoms with van der Waals surface area (Å²) < 4.78 is 64.5. The van der Waals surface area contributed by atoms with Gasteiger partial charge < -0.3 is 29.4 Å². The minimum absolute atomic E-state index is 0.0103. The number of fused-ring (bicyclic) bond motifs is 6. The van der Waals surface area contributed by atoms with Gasteiger partial charge in [0.1, 0.15) is 46.4 Å². The lowest BCUT2D eigenvalue weighted by Crippen LogP contribution is -2.64. The first kappa shape index (κ1) is 87.6. The average Bonchev–Trinajstić information content (AvgIpc) is 0.744. The summed E-state index contributed by atoms with van der Waals surface area (Å²) in [6, 6.07) is 26.2. The van der Waals surface area contributed by atoms with E-state index in [4.69, 9.17) is 38.2 Å². The standard InChI is InChI=1S/C32H35FN6O2.C31H31ClF2N6O2.C31H30ClFN6O2/c1-8-26(40)37-16-22(7)38(17-21(37)6)30-24-15-25(33)28(23-12-10-9-11-19(23)4)35-31(24)39(32(41)36-30)29-20(5)13-14-34-27(29)18(2)3;1-7-25(41)38-14-19(6)39(15-18(38)5)29-22-13-23(32)27(21-12-20(33)8-9-24(21)34)36-30(22)40(31(42)37-29)28-17(4)10-11-35-26(28)16(2)3;1-5-25(40)37-15-20-11-10-19(37)16-38(20)29-22-14-23(32)27(21-8-6-7-9-24(21)33)35-30(22)39(31(41)36-29)28-18(4)12-13-34-26(28)17(2)3/h8-15,18,21-22H,1,16-17H2,2-7H3;7-13,16,18-19H,1,14-15H2,2-6H3;5-9,12-14,17,19-20H,1,10-11,15-16H2,2-4H3. The summed E-state index contributed by atoms with van der Waals surface area (Å²) in [7, 11) is 0. The second-order valence-electron chi connectivity index (χ2n) is 33.0.